The molecule has 0 aromatic carbocycles. The lowest BCUT2D eigenvalue weighted by Crippen LogP contribution is -2.35. The second-order valence-electron chi connectivity index (χ2n) is 5.31. The van der Waals surface area contributed by atoms with Gasteiger partial charge in [-0.2, -0.15) is 0 Å². The summed E-state index contributed by atoms with van der Waals surface area (Å²) in [7, 11) is 0. The standard InChI is InChI=1S/C17H21N3O/c1-3-9-20(4-2)17-10-15(13-11-18-21-12-13)14-7-5-6-8-16(14)19-17/h7-8,10-12H,3-6,9H2,1-2H3. The lowest BCUT2D eigenvalue weighted by atomic mass is 10.0. The summed E-state index contributed by atoms with van der Waals surface area (Å²) in [6.45, 7) is 6.36. The molecule has 0 aliphatic heterocycles. The van der Waals surface area contributed by atoms with E-state index in [1.165, 1.54) is 10.8 Å². The van der Waals surface area contributed by atoms with Crippen molar-refractivity contribution in [2.45, 2.75) is 33.1 Å². The highest BCUT2D eigenvalue weighted by atomic mass is 16.5. The van der Waals surface area contributed by atoms with E-state index < -0.39 is 0 Å². The lowest BCUT2D eigenvalue weighted by Gasteiger charge is -2.22. The van der Waals surface area contributed by atoms with Gasteiger partial charge in [-0.3, -0.25) is 0 Å². The zero-order valence-electron chi connectivity index (χ0n) is 12.7. The fraction of sp³-hybridized carbons (Fsp3) is 0.412. The Kier molecular flexibility index (Phi) is 4.04. The summed E-state index contributed by atoms with van der Waals surface area (Å²) >= 11 is 0. The minimum absolute atomic E-state index is 0.965. The number of nitrogens with zero attached hydrogens (tertiary/aromatic N) is 3. The van der Waals surface area contributed by atoms with Crippen molar-refractivity contribution in [3.8, 4) is 11.1 Å². The fourth-order valence-electron chi connectivity index (χ4n) is 2.82. The highest BCUT2D eigenvalue weighted by Crippen LogP contribution is 2.19. The number of fused-ring (bicyclic) bond motifs is 1. The van der Waals surface area contributed by atoms with Crippen LogP contribution in [0.15, 0.2) is 23.0 Å². The van der Waals surface area contributed by atoms with Crippen LogP contribution in [0.2, 0.25) is 0 Å². The summed E-state index contributed by atoms with van der Waals surface area (Å²) in [5, 5.41) is 6.14. The van der Waals surface area contributed by atoms with Gasteiger partial charge in [0, 0.05) is 23.9 Å². The molecule has 4 heteroatoms. The van der Waals surface area contributed by atoms with Gasteiger partial charge in [-0.05, 0) is 37.8 Å². The average Bonchev–Trinajstić information content (AvgIpc) is 3.05. The van der Waals surface area contributed by atoms with Crippen LogP contribution in [-0.4, -0.2) is 23.2 Å². The van der Waals surface area contributed by atoms with Gasteiger partial charge < -0.3 is 9.42 Å². The largest absolute Gasteiger partial charge is 0.364 e. The van der Waals surface area contributed by atoms with Crippen LogP contribution in [0, 0.1) is 0 Å². The number of anilines is 1. The summed E-state index contributed by atoms with van der Waals surface area (Å²) in [6, 6.07) is 2.17. The fourth-order valence-corrected chi connectivity index (χ4v) is 2.82. The summed E-state index contributed by atoms with van der Waals surface area (Å²) in [5.74, 6) is 1.04. The monoisotopic (exact) mass is 283 g/mol. The molecular weight excluding hydrogens is 262 g/mol. The predicted molar refractivity (Wildman–Crippen MR) is 85.3 cm³/mol. The Morgan fingerprint density at radius 2 is 2.10 bits per heavy atom. The van der Waals surface area contributed by atoms with Crippen LogP contribution in [0.25, 0.3) is 23.3 Å². The van der Waals surface area contributed by atoms with Crippen molar-refractivity contribution in [2.24, 2.45) is 0 Å². The third-order valence-corrected chi connectivity index (χ3v) is 3.87. The Labute approximate surface area is 124 Å². The van der Waals surface area contributed by atoms with Crippen molar-refractivity contribution in [3.63, 3.8) is 0 Å². The minimum Gasteiger partial charge on any atom is -0.364 e. The molecule has 0 bridgehead atoms. The van der Waals surface area contributed by atoms with E-state index in [0.717, 1.165) is 49.1 Å². The Morgan fingerprint density at radius 3 is 2.81 bits per heavy atom. The molecule has 3 rings (SSSR count). The predicted octanol–water partition coefficient (Wildman–Crippen LogP) is 2.33. The molecule has 0 N–H and O–H groups in total. The minimum atomic E-state index is 0.965. The molecule has 21 heavy (non-hydrogen) atoms. The zero-order valence-corrected chi connectivity index (χ0v) is 12.7. The molecule has 4 nitrogen and oxygen atoms in total. The first-order valence-corrected chi connectivity index (χ1v) is 7.69. The number of pyridine rings is 1. The average molecular weight is 283 g/mol. The van der Waals surface area contributed by atoms with E-state index in [-0.39, 0.29) is 0 Å². The van der Waals surface area contributed by atoms with Gasteiger partial charge in [-0.25, -0.2) is 4.98 Å². The van der Waals surface area contributed by atoms with Crippen molar-refractivity contribution in [1.29, 1.82) is 0 Å². The third kappa shape index (κ3) is 2.71. The maximum Gasteiger partial charge on any atom is 0.131 e. The van der Waals surface area contributed by atoms with E-state index >= 15 is 0 Å². The molecule has 0 saturated carbocycles. The van der Waals surface area contributed by atoms with Crippen LogP contribution in [-0.2, 0) is 0 Å². The Balaban J connectivity index is 2.19. The molecule has 0 unspecified atom stereocenters. The van der Waals surface area contributed by atoms with Crippen LogP contribution in [0.1, 0.15) is 33.1 Å². The number of hydrogen-bond donors (Lipinski definition) is 0. The molecule has 2 aromatic heterocycles. The molecule has 2 aromatic rings. The van der Waals surface area contributed by atoms with Crippen LogP contribution in [0.3, 0.4) is 0 Å². The van der Waals surface area contributed by atoms with Gasteiger partial charge in [-0.1, -0.05) is 24.2 Å². The van der Waals surface area contributed by atoms with E-state index in [1.807, 2.05) is 0 Å². The Bertz CT molecular complexity index is 719. The van der Waals surface area contributed by atoms with Gasteiger partial charge in [-0.15, -0.1) is 0 Å². The number of aromatic nitrogens is 2. The summed E-state index contributed by atoms with van der Waals surface area (Å²) in [4.78, 5) is 7.18. The van der Waals surface area contributed by atoms with Gasteiger partial charge in [0.05, 0.1) is 11.5 Å². The van der Waals surface area contributed by atoms with E-state index in [1.54, 1.807) is 12.5 Å². The SMILES string of the molecule is CCCN(CC)c1cc(-c2cnoc2)c2c(n1)=CCCC=2. The maximum atomic E-state index is 5.03. The highest BCUT2D eigenvalue weighted by Gasteiger charge is 2.12. The molecule has 110 valence electrons. The molecular formula is C17H21N3O. The molecule has 0 amide bonds. The topological polar surface area (TPSA) is 42.2 Å². The molecule has 0 fully saturated rings. The lowest BCUT2D eigenvalue weighted by molar-refractivity contribution is 0.420. The first-order chi connectivity index (χ1) is 10.3. The molecule has 1 aliphatic rings. The summed E-state index contributed by atoms with van der Waals surface area (Å²) in [6.07, 6.45) is 11.2. The Hall–Kier alpha value is -2.10. The van der Waals surface area contributed by atoms with E-state index in [4.69, 9.17) is 9.51 Å². The molecule has 0 radical (unpaired) electrons. The van der Waals surface area contributed by atoms with Gasteiger partial charge in [0.25, 0.3) is 0 Å². The van der Waals surface area contributed by atoms with Crippen LogP contribution in [0.4, 0.5) is 5.82 Å². The maximum absolute atomic E-state index is 5.03. The van der Waals surface area contributed by atoms with Gasteiger partial charge in [0.2, 0.25) is 0 Å². The second-order valence-corrected chi connectivity index (χ2v) is 5.31. The molecule has 2 heterocycles. The van der Waals surface area contributed by atoms with Crippen molar-refractivity contribution < 1.29 is 4.52 Å². The third-order valence-electron chi connectivity index (χ3n) is 3.87. The van der Waals surface area contributed by atoms with Crippen LogP contribution >= 0.6 is 0 Å². The van der Waals surface area contributed by atoms with Crippen molar-refractivity contribution >= 4 is 18.0 Å². The smallest absolute Gasteiger partial charge is 0.131 e. The van der Waals surface area contributed by atoms with Crippen molar-refractivity contribution in [1.82, 2.24) is 10.1 Å². The van der Waals surface area contributed by atoms with Gasteiger partial charge in [0.15, 0.2) is 0 Å². The summed E-state index contributed by atoms with van der Waals surface area (Å²) in [5.41, 5.74) is 2.19. The van der Waals surface area contributed by atoms with Crippen molar-refractivity contribution in [2.75, 3.05) is 18.0 Å². The molecule has 0 saturated heterocycles. The molecule has 0 atom stereocenters. The number of rotatable bonds is 5. The van der Waals surface area contributed by atoms with Crippen LogP contribution in [0.5, 0.6) is 0 Å². The number of hydrogen-bond acceptors (Lipinski definition) is 4. The summed E-state index contributed by atoms with van der Waals surface area (Å²) < 4.78 is 5.03. The van der Waals surface area contributed by atoms with Gasteiger partial charge >= 0.3 is 0 Å². The Morgan fingerprint density at radius 1 is 1.24 bits per heavy atom. The first-order valence-electron chi connectivity index (χ1n) is 7.69. The zero-order chi connectivity index (χ0) is 14.7. The first kappa shape index (κ1) is 13.9. The van der Waals surface area contributed by atoms with Crippen molar-refractivity contribution in [3.05, 3.63) is 29.1 Å². The van der Waals surface area contributed by atoms with Gasteiger partial charge in [0.1, 0.15) is 12.1 Å². The van der Waals surface area contributed by atoms with E-state index in [0.29, 0.717) is 0 Å². The quantitative estimate of drug-likeness (QED) is 0.844. The molecule has 0 spiro atoms. The normalized spacial score (nSPS) is 13.2. The van der Waals surface area contributed by atoms with E-state index in [2.05, 4.69) is 42.1 Å². The highest BCUT2D eigenvalue weighted by molar-refractivity contribution is 5.68. The molecule has 1 aliphatic carbocycles. The second kappa shape index (κ2) is 6.12. The van der Waals surface area contributed by atoms with E-state index in [9.17, 15) is 0 Å². The van der Waals surface area contributed by atoms with Crippen LogP contribution < -0.4 is 15.5 Å².